The first-order valence-electron chi connectivity index (χ1n) is 10.2. The van der Waals surface area contributed by atoms with Crippen LogP contribution in [0.3, 0.4) is 0 Å². The molecule has 0 saturated carbocycles. The van der Waals surface area contributed by atoms with E-state index < -0.39 is 0 Å². The summed E-state index contributed by atoms with van der Waals surface area (Å²) in [7, 11) is 1.88. The highest BCUT2D eigenvalue weighted by atomic mass is 35.5. The number of hydrogen-bond donors (Lipinski definition) is 3. The highest BCUT2D eigenvalue weighted by Gasteiger charge is 2.29. The fraction of sp³-hybridized carbons (Fsp3) is 0.600. The Labute approximate surface area is 176 Å². The molecule has 0 radical (unpaired) electrons. The van der Waals surface area contributed by atoms with Crippen molar-refractivity contribution in [1.29, 1.82) is 0 Å². The van der Waals surface area contributed by atoms with Gasteiger partial charge in [0.2, 0.25) is 0 Å². The van der Waals surface area contributed by atoms with Crippen LogP contribution in [0.5, 0.6) is 0 Å². The molecule has 1 aromatic carbocycles. The second-order valence-corrected chi connectivity index (χ2v) is 8.46. The Morgan fingerprint density at radius 3 is 2.72 bits per heavy atom. The summed E-state index contributed by atoms with van der Waals surface area (Å²) in [6.45, 7) is 6.61. The number of piperidine rings is 1. The fourth-order valence-corrected chi connectivity index (χ4v) is 4.06. The van der Waals surface area contributed by atoms with Crippen LogP contribution < -0.4 is 10.7 Å². The highest BCUT2D eigenvalue weighted by molar-refractivity contribution is 6.30. The third kappa shape index (κ3) is 5.82. The summed E-state index contributed by atoms with van der Waals surface area (Å²) in [5.41, 5.74) is 5.40. The first-order valence-corrected chi connectivity index (χ1v) is 10.6. The lowest BCUT2D eigenvalue weighted by atomic mass is 9.86. The lowest BCUT2D eigenvalue weighted by Gasteiger charge is -2.33. The number of carbonyl (C=O) groups is 1. The van der Waals surface area contributed by atoms with Gasteiger partial charge >= 0.3 is 0 Å². The Morgan fingerprint density at radius 2 is 2.10 bits per heavy atom. The third-order valence-corrected chi connectivity index (χ3v) is 5.69. The average Bonchev–Trinajstić information content (AvgIpc) is 3.25. The van der Waals surface area contributed by atoms with E-state index in [4.69, 9.17) is 11.6 Å². The van der Waals surface area contributed by atoms with E-state index in [1.807, 2.05) is 25.2 Å². The molecule has 9 heteroatoms. The SMILES string of the molecule is CNC(CC(C)C)C(=O)C1CCN(NCc2cc(Cl)ccc2-c2nnn[nH]2)CC1. The van der Waals surface area contributed by atoms with E-state index in [0.29, 0.717) is 29.1 Å². The number of likely N-dealkylation sites (N-methyl/N-ethyl adjacent to an activating group) is 1. The second-order valence-electron chi connectivity index (χ2n) is 8.02. The number of carbonyl (C=O) groups excluding carboxylic acids is 1. The minimum atomic E-state index is -0.0379. The fourth-order valence-electron chi connectivity index (χ4n) is 3.86. The maximum absolute atomic E-state index is 12.8. The first kappa shape index (κ1) is 21.8. The molecule has 29 heavy (non-hydrogen) atoms. The predicted octanol–water partition coefficient (Wildman–Crippen LogP) is 2.44. The molecule has 1 unspecified atom stereocenters. The number of tetrazole rings is 1. The molecule has 1 saturated heterocycles. The lowest BCUT2D eigenvalue weighted by molar-refractivity contribution is -0.127. The number of H-pyrrole nitrogens is 1. The predicted molar refractivity (Wildman–Crippen MR) is 113 cm³/mol. The van der Waals surface area contributed by atoms with Gasteiger partial charge in [-0.1, -0.05) is 25.4 Å². The maximum Gasteiger partial charge on any atom is 0.179 e. The maximum atomic E-state index is 12.8. The van der Waals surface area contributed by atoms with E-state index in [1.54, 1.807) is 0 Å². The lowest BCUT2D eigenvalue weighted by Crippen LogP contribution is -2.47. The van der Waals surface area contributed by atoms with Crippen LogP contribution in [0.1, 0.15) is 38.7 Å². The molecule has 8 nitrogen and oxygen atoms in total. The van der Waals surface area contributed by atoms with Crippen LogP contribution in [0.2, 0.25) is 5.02 Å². The number of rotatable bonds is 9. The van der Waals surface area contributed by atoms with Gasteiger partial charge in [-0.25, -0.2) is 10.1 Å². The average molecular weight is 420 g/mol. The number of aromatic amines is 1. The summed E-state index contributed by atoms with van der Waals surface area (Å²) in [5, 5.41) is 20.2. The molecule has 2 heterocycles. The topological polar surface area (TPSA) is 98.8 Å². The summed E-state index contributed by atoms with van der Waals surface area (Å²) >= 11 is 6.19. The molecule has 1 atom stereocenters. The molecule has 158 valence electrons. The Balaban J connectivity index is 1.54. The second kappa shape index (κ2) is 10.2. The molecule has 0 bridgehead atoms. The molecule has 1 fully saturated rings. The van der Waals surface area contributed by atoms with Gasteiger partial charge in [0.05, 0.1) is 6.04 Å². The monoisotopic (exact) mass is 419 g/mol. The molecule has 0 aliphatic carbocycles. The van der Waals surface area contributed by atoms with Crippen molar-refractivity contribution in [3.63, 3.8) is 0 Å². The number of hydrogen-bond acceptors (Lipinski definition) is 7. The number of aromatic nitrogens is 4. The van der Waals surface area contributed by atoms with Crippen LogP contribution in [0.25, 0.3) is 11.4 Å². The number of hydrazine groups is 1. The van der Waals surface area contributed by atoms with E-state index in [-0.39, 0.29) is 12.0 Å². The van der Waals surface area contributed by atoms with Gasteiger partial charge in [0.15, 0.2) is 11.6 Å². The molecular formula is C20H30ClN7O. The summed E-state index contributed by atoms with van der Waals surface area (Å²) in [4.78, 5) is 12.8. The van der Waals surface area contributed by atoms with Crippen molar-refractivity contribution in [3.05, 3.63) is 28.8 Å². The van der Waals surface area contributed by atoms with Gasteiger partial charge in [0.25, 0.3) is 0 Å². The van der Waals surface area contributed by atoms with Gasteiger partial charge in [-0.2, -0.15) is 0 Å². The van der Waals surface area contributed by atoms with Crippen molar-refractivity contribution in [2.75, 3.05) is 20.1 Å². The Bertz CT molecular complexity index is 788. The van der Waals surface area contributed by atoms with Crippen molar-refractivity contribution in [1.82, 2.24) is 36.4 Å². The minimum Gasteiger partial charge on any atom is -0.311 e. The van der Waals surface area contributed by atoms with E-state index in [1.165, 1.54) is 0 Å². The zero-order chi connectivity index (χ0) is 20.8. The zero-order valence-corrected chi connectivity index (χ0v) is 18.0. The number of nitrogens with one attached hydrogen (secondary N) is 3. The van der Waals surface area contributed by atoms with Crippen LogP contribution in [-0.4, -0.2) is 57.6 Å². The number of ketones is 1. The van der Waals surface area contributed by atoms with E-state index in [2.05, 4.69) is 50.2 Å². The normalized spacial score (nSPS) is 17.0. The first-order chi connectivity index (χ1) is 14.0. The Hall–Kier alpha value is -1.87. The van der Waals surface area contributed by atoms with Crippen molar-refractivity contribution in [3.8, 4) is 11.4 Å². The van der Waals surface area contributed by atoms with Crippen molar-refractivity contribution < 1.29 is 4.79 Å². The van der Waals surface area contributed by atoms with E-state index in [9.17, 15) is 4.79 Å². The van der Waals surface area contributed by atoms with Crippen molar-refractivity contribution in [2.24, 2.45) is 11.8 Å². The van der Waals surface area contributed by atoms with Gasteiger partial charge in [0, 0.05) is 36.1 Å². The van der Waals surface area contributed by atoms with Gasteiger partial charge in [-0.3, -0.25) is 10.2 Å². The van der Waals surface area contributed by atoms with Gasteiger partial charge < -0.3 is 5.32 Å². The number of Topliss-reactive ketones (excluding diaryl/α,β-unsaturated/α-hetero) is 1. The van der Waals surface area contributed by atoms with Crippen LogP contribution in [-0.2, 0) is 11.3 Å². The number of halogens is 1. The van der Waals surface area contributed by atoms with E-state index >= 15 is 0 Å². The zero-order valence-electron chi connectivity index (χ0n) is 17.3. The minimum absolute atomic E-state index is 0.0379. The molecule has 1 aromatic heterocycles. The smallest absolute Gasteiger partial charge is 0.179 e. The highest BCUT2D eigenvalue weighted by Crippen LogP contribution is 2.24. The largest absolute Gasteiger partial charge is 0.311 e. The van der Waals surface area contributed by atoms with Gasteiger partial charge in [0.1, 0.15) is 0 Å². The van der Waals surface area contributed by atoms with Crippen LogP contribution in [0, 0.1) is 11.8 Å². The quantitative estimate of drug-likeness (QED) is 0.574. The molecule has 2 aromatic rings. The van der Waals surface area contributed by atoms with Crippen molar-refractivity contribution >= 4 is 17.4 Å². The summed E-state index contributed by atoms with van der Waals surface area (Å²) < 4.78 is 0. The number of benzene rings is 1. The molecule has 0 amide bonds. The molecule has 1 aliphatic heterocycles. The van der Waals surface area contributed by atoms with Crippen LogP contribution in [0.15, 0.2) is 18.2 Å². The van der Waals surface area contributed by atoms with Gasteiger partial charge in [-0.05, 0) is 66.4 Å². The Kier molecular flexibility index (Phi) is 7.71. The summed E-state index contributed by atoms with van der Waals surface area (Å²) in [6, 6.07) is 5.63. The van der Waals surface area contributed by atoms with Gasteiger partial charge in [-0.15, -0.1) is 5.10 Å². The van der Waals surface area contributed by atoms with Crippen LogP contribution in [0.4, 0.5) is 0 Å². The van der Waals surface area contributed by atoms with Crippen molar-refractivity contribution in [2.45, 2.75) is 45.7 Å². The summed E-state index contributed by atoms with van der Waals surface area (Å²) in [5.74, 6) is 1.61. The standard InChI is InChI=1S/C20H30ClN7O/c1-13(2)10-18(22-3)19(29)14-6-8-28(9-7-14)23-12-15-11-16(21)4-5-17(15)20-24-26-27-25-20/h4-5,11,13-14,18,22-23H,6-10,12H2,1-3H3,(H,24,25,26,27). The van der Waals surface area contributed by atoms with Crippen LogP contribution >= 0.6 is 11.6 Å². The molecule has 0 spiro atoms. The molecular weight excluding hydrogens is 390 g/mol. The number of nitrogens with zero attached hydrogens (tertiary/aromatic N) is 4. The Morgan fingerprint density at radius 1 is 1.34 bits per heavy atom. The molecule has 3 N–H and O–H groups in total. The third-order valence-electron chi connectivity index (χ3n) is 5.46. The molecule has 1 aliphatic rings. The molecule has 3 rings (SSSR count). The summed E-state index contributed by atoms with van der Waals surface area (Å²) in [6.07, 6.45) is 2.63. The van der Waals surface area contributed by atoms with E-state index in [0.717, 1.165) is 43.5 Å².